The molecule has 0 heterocycles. The normalized spacial score (nSPS) is 11.3. The van der Waals surface area contributed by atoms with Crippen molar-refractivity contribution in [3.8, 4) is 11.5 Å². The van der Waals surface area contributed by atoms with Gasteiger partial charge in [-0.3, -0.25) is 4.79 Å². The summed E-state index contributed by atoms with van der Waals surface area (Å²) in [5, 5.41) is 2.79. The van der Waals surface area contributed by atoms with Gasteiger partial charge in [0.25, 0.3) is 5.91 Å². The first kappa shape index (κ1) is 22.7. The van der Waals surface area contributed by atoms with E-state index in [4.69, 9.17) is 9.47 Å². The molecule has 29 heavy (non-hydrogen) atoms. The number of anilines is 1. The van der Waals surface area contributed by atoms with Gasteiger partial charge in [-0.1, -0.05) is 19.4 Å². The number of carbonyl (C=O) groups is 1. The predicted molar refractivity (Wildman–Crippen MR) is 113 cm³/mol. The third-order valence-corrected chi connectivity index (χ3v) is 5.64. The number of nitrogens with one attached hydrogen (secondary N) is 2. The Labute approximate surface area is 172 Å². The van der Waals surface area contributed by atoms with E-state index in [0.717, 1.165) is 12.8 Å². The lowest BCUT2D eigenvalue weighted by Crippen LogP contribution is -2.30. The molecule has 0 aliphatic heterocycles. The number of ether oxygens (including phenoxy) is 2. The van der Waals surface area contributed by atoms with E-state index in [1.165, 1.54) is 25.3 Å². The summed E-state index contributed by atoms with van der Waals surface area (Å²) in [4.78, 5) is 12.8. The van der Waals surface area contributed by atoms with Gasteiger partial charge in [0.05, 0.1) is 24.3 Å². The number of amides is 1. The average Bonchev–Trinajstić information content (AvgIpc) is 2.68. The molecule has 0 saturated carbocycles. The van der Waals surface area contributed by atoms with Crippen LogP contribution in [0.25, 0.3) is 0 Å². The SMILES string of the molecule is CCCCOc1ccc(OC)cc1NC(=O)c1cccc(S(=O)(=O)NC(C)C)c1. The van der Waals surface area contributed by atoms with Gasteiger partial charge in [0, 0.05) is 17.7 Å². The molecule has 0 spiro atoms. The van der Waals surface area contributed by atoms with Crippen LogP contribution in [0.4, 0.5) is 5.69 Å². The molecule has 158 valence electrons. The third-order valence-electron chi connectivity index (χ3n) is 3.99. The van der Waals surface area contributed by atoms with Gasteiger partial charge in [-0.05, 0) is 50.6 Å². The molecule has 0 unspecified atom stereocenters. The molecule has 0 saturated heterocycles. The van der Waals surface area contributed by atoms with Crippen LogP contribution in [0.15, 0.2) is 47.4 Å². The number of hydrogen-bond acceptors (Lipinski definition) is 5. The first-order chi connectivity index (χ1) is 13.8. The lowest BCUT2D eigenvalue weighted by Gasteiger charge is -2.14. The summed E-state index contributed by atoms with van der Waals surface area (Å²) in [5.74, 6) is 0.652. The van der Waals surface area contributed by atoms with Gasteiger partial charge in [-0.15, -0.1) is 0 Å². The van der Waals surface area contributed by atoms with Gasteiger partial charge in [-0.25, -0.2) is 13.1 Å². The van der Waals surface area contributed by atoms with Gasteiger partial charge in [0.15, 0.2) is 0 Å². The van der Waals surface area contributed by atoms with E-state index in [0.29, 0.717) is 23.8 Å². The predicted octanol–water partition coefficient (Wildman–Crippen LogP) is 3.81. The monoisotopic (exact) mass is 420 g/mol. The molecule has 0 radical (unpaired) electrons. The topological polar surface area (TPSA) is 93.7 Å². The third kappa shape index (κ3) is 6.47. The molecule has 8 heteroatoms. The van der Waals surface area contributed by atoms with E-state index in [1.807, 2.05) is 0 Å². The molecule has 1 amide bonds. The number of rotatable bonds is 10. The molecule has 2 aromatic carbocycles. The van der Waals surface area contributed by atoms with Crippen LogP contribution in [0, 0.1) is 0 Å². The summed E-state index contributed by atoms with van der Waals surface area (Å²) in [6, 6.07) is 10.8. The molecule has 0 aliphatic carbocycles. The van der Waals surface area contributed by atoms with Gasteiger partial charge in [-0.2, -0.15) is 0 Å². The Morgan fingerprint density at radius 1 is 1.14 bits per heavy atom. The van der Waals surface area contributed by atoms with E-state index >= 15 is 0 Å². The van der Waals surface area contributed by atoms with Crippen LogP contribution in [-0.2, 0) is 10.0 Å². The molecule has 0 bridgehead atoms. The van der Waals surface area contributed by atoms with Gasteiger partial charge < -0.3 is 14.8 Å². The zero-order valence-corrected chi connectivity index (χ0v) is 18.0. The van der Waals surface area contributed by atoms with Crippen molar-refractivity contribution in [3.63, 3.8) is 0 Å². The molecule has 2 aromatic rings. The minimum Gasteiger partial charge on any atom is -0.497 e. The Bertz CT molecular complexity index is 942. The Hall–Kier alpha value is -2.58. The second-order valence-corrected chi connectivity index (χ2v) is 8.54. The highest BCUT2D eigenvalue weighted by molar-refractivity contribution is 7.89. The van der Waals surface area contributed by atoms with Crippen molar-refractivity contribution in [1.29, 1.82) is 0 Å². The van der Waals surface area contributed by atoms with E-state index in [-0.39, 0.29) is 16.5 Å². The molecule has 2 rings (SSSR count). The van der Waals surface area contributed by atoms with Crippen molar-refractivity contribution in [3.05, 3.63) is 48.0 Å². The first-order valence-corrected chi connectivity index (χ1v) is 11.0. The van der Waals surface area contributed by atoms with E-state index in [2.05, 4.69) is 17.0 Å². The van der Waals surface area contributed by atoms with Crippen molar-refractivity contribution in [2.24, 2.45) is 0 Å². The van der Waals surface area contributed by atoms with Crippen molar-refractivity contribution in [2.75, 3.05) is 19.0 Å². The second kappa shape index (κ2) is 10.3. The summed E-state index contributed by atoms with van der Waals surface area (Å²) in [6.45, 7) is 6.06. The van der Waals surface area contributed by atoms with Crippen LogP contribution in [0.1, 0.15) is 44.0 Å². The zero-order valence-electron chi connectivity index (χ0n) is 17.2. The number of methoxy groups -OCH3 is 1. The van der Waals surface area contributed by atoms with Crippen LogP contribution in [0.5, 0.6) is 11.5 Å². The first-order valence-electron chi connectivity index (χ1n) is 9.51. The highest BCUT2D eigenvalue weighted by Crippen LogP contribution is 2.30. The summed E-state index contributed by atoms with van der Waals surface area (Å²) in [5.41, 5.74) is 0.679. The number of hydrogen-bond donors (Lipinski definition) is 2. The van der Waals surface area contributed by atoms with Crippen LogP contribution >= 0.6 is 0 Å². The lowest BCUT2D eigenvalue weighted by molar-refractivity contribution is 0.102. The van der Waals surface area contributed by atoms with Crippen molar-refractivity contribution in [2.45, 2.75) is 44.6 Å². The largest absolute Gasteiger partial charge is 0.497 e. The highest BCUT2D eigenvalue weighted by atomic mass is 32.2. The van der Waals surface area contributed by atoms with Gasteiger partial charge >= 0.3 is 0 Å². The van der Waals surface area contributed by atoms with Crippen LogP contribution in [0.3, 0.4) is 0 Å². The Morgan fingerprint density at radius 3 is 2.55 bits per heavy atom. The number of benzene rings is 2. The molecule has 0 aromatic heterocycles. The van der Waals surface area contributed by atoms with Gasteiger partial charge in [0.1, 0.15) is 11.5 Å². The van der Waals surface area contributed by atoms with E-state index in [1.54, 1.807) is 38.1 Å². The van der Waals surface area contributed by atoms with Crippen LogP contribution < -0.4 is 19.5 Å². The summed E-state index contributed by atoms with van der Waals surface area (Å²) >= 11 is 0. The molecule has 0 atom stereocenters. The minimum atomic E-state index is -3.70. The second-order valence-electron chi connectivity index (χ2n) is 6.82. The fourth-order valence-corrected chi connectivity index (χ4v) is 3.86. The van der Waals surface area contributed by atoms with Gasteiger partial charge in [0.2, 0.25) is 10.0 Å². The smallest absolute Gasteiger partial charge is 0.255 e. The summed E-state index contributed by atoms with van der Waals surface area (Å²) in [6.07, 6.45) is 1.88. The maximum absolute atomic E-state index is 12.8. The molecular weight excluding hydrogens is 392 g/mol. The molecular formula is C21H28N2O5S. The van der Waals surface area contributed by atoms with E-state index in [9.17, 15) is 13.2 Å². The van der Waals surface area contributed by atoms with E-state index < -0.39 is 15.9 Å². The number of unbranched alkanes of at least 4 members (excludes halogenated alkanes) is 1. The van der Waals surface area contributed by atoms with Crippen LogP contribution in [0.2, 0.25) is 0 Å². The zero-order chi connectivity index (χ0) is 21.4. The maximum atomic E-state index is 12.8. The maximum Gasteiger partial charge on any atom is 0.255 e. The fraction of sp³-hybridized carbons (Fsp3) is 0.381. The molecule has 2 N–H and O–H groups in total. The Morgan fingerprint density at radius 2 is 1.90 bits per heavy atom. The minimum absolute atomic E-state index is 0.0314. The average molecular weight is 421 g/mol. The quantitative estimate of drug-likeness (QED) is 0.570. The van der Waals surface area contributed by atoms with Crippen molar-refractivity contribution < 1.29 is 22.7 Å². The molecule has 7 nitrogen and oxygen atoms in total. The Balaban J connectivity index is 2.27. The van der Waals surface area contributed by atoms with Crippen molar-refractivity contribution >= 4 is 21.6 Å². The summed E-state index contributed by atoms with van der Waals surface area (Å²) < 4.78 is 38.3. The molecule has 0 fully saturated rings. The summed E-state index contributed by atoms with van der Waals surface area (Å²) in [7, 11) is -2.16. The highest BCUT2D eigenvalue weighted by Gasteiger charge is 2.18. The number of carbonyl (C=O) groups excluding carboxylic acids is 1. The standard InChI is InChI=1S/C21H28N2O5S/c1-5-6-12-28-20-11-10-17(27-4)14-19(20)22-21(24)16-8-7-9-18(13-16)29(25,26)23-15(2)3/h7-11,13-15,23H,5-6,12H2,1-4H3,(H,22,24). The van der Waals surface area contributed by atoms with Crippen molar-refractivity contribution in [1.82, 2.24) is 4.72 Å². The number of sulfonamides is 1. The van der Waals surface area contributed by atoms with Crippen LogP contribution in [-0.4, -0.2) is 34.1 Å². The molecule has 0 aliphatic rings. The lowest BCUT2D eigenvalue weighted by atomic mass is 10.2. The Kier molecular flexibility index (Phi) is 8.04. The fourth-order valence-electron chi connectivity index (χ4n) is 2.56.